The zero-order valence-corrected chi connectivity index (χ0v) is 8.12. The van der Waals surface area contributed by atoms with Crippen LogP contribution >= 0.6 is 0 Å². The van der Waals surface area contributed by atoms with Crippen LogP contribution in [0.2, 0.25) is 0 Å². The first-order valence-corrected chi connectivity index (χ1v) is 4.54. The summed E-state index contributed by atoms with van der Waals surface area (Å²) < 4.78 is 13.3. The highest BCUT2D eigenvalue weighted by atomic mass is 19.1. The topological polar surface area (TPSA) is 53.1 Å². The molecule has 15 heavy (non-hydrogen) atoms. The third kappa shape index (κ3) is 1.58. The van der Waals surface area contributed by atoms with Crippen molar-refractivity contribution in [3.8, 4) is 0 Å². The second kappa shape index (κ2) is 3.38. The Morgan fingerprint density at radius 2 is 2.27 bits per heavy atom. The monoisotopic (exact) mass is 207 g/mol. The molecule has 0 aliphatic rings. The van der Waals surface area contributed by atoms with Crippen molar-refractivity contribution in [2.24, 2.45) is 0 Å². The average Bonchev–Trinajstić information content (AvgIpc) is 2.59. The smallest absolute Gasteiger partial charge is 0.343 e. The van der Waals surface area contributed by atoms with E-state index in [0.717, 1.165) is 11.1 Å². The molecule has 0 bridgehead atoms. The van der Waals surface area contributed by atoms with Gasteiger partial charge in [-0.2, -0.15) is 0 Å². The summed E-state index contributed by atoms with van der Waals surface area (Å²) in [6, 6.07) is 5.41. The van der Waals surface area contributed by atoms with Crippen molar-refractivity contribution in [3.05, 3.63) is 35.5 Å². The number of hydrogen-bond donors (Lipinski definition) is 2. The summed E-state index contributed by atoms with van der Waals surface area (Å²) in [5.74, 6) is -1.46. The van der Waals surface area contributed by atoms with Crippen molar-refractivity contribution in [2.45, 2.75) is 13.1 Å². The molecule has 0 spiro atoms. The van der Waals surface area contributed by atoms with Crippen LogP contribution in [0.5, 0.6) is 0 Å². The number of halogens is 1. The summed E-state index contributed by atoms with van der Waals surface area (Å²) >= 11 is 0. The number of alkyl halides is 1. The van der Waals surface area contributed by atoms with Crippen LogP contribution in [0.3, 0.4) is 0 Å². The lowest BCUT2D eigenvalue weighted by molar-refractivity contribution is -0.142. The number of carboxylic acid groups (broad SMARTS) is 1. The predicted octanol–water partition coefficient (Wildman–Crippen LogP) is 2.57. The molecule has 0 aliphatic carbocycles. The molecule has 0 fully saturated rings. The molecule has 2 rings (SSSR count). The number of fused-ring (bicyclic) bond motifs is 1. The molecule has 2 aromatic rings. The normalized spacial score (nSPS) is 12.9. The van der Waals surface area contributed by atoms with Crippen LogP contribution in [0.25, 0.3) is 10.9 Å². The third-order valence-corrected chi connectivity index (χ3v) is 2.36. The zero-order valence-electron chi connectivity index (χ0n) is 8.12. The van der Waals surface area contributed by atoms with Gasteiger partial charge < -0.3 is 10.1 Å². The lowest BCUT2D eigenvalue weighted by Crippen LogP contribution is -2.05. The fourth-order valence-electron chi connectivity index (χ4n) is 1.61. The number of nitrogens with one attached hydrogen (secondary N) is 1. The SMILES string of the molecule is Cc1ccc2c(C(F)C(=O)O)c[nH]c2c1. The van der Waals surface area contributed by atoms with Crippen molar-refractivity contribution in [1.82, 2.24) is 4.98 Å². The molecule has 1 aromatic heterocycles. The number of rotatable bonds is 2. The van der Waals surface area contributed by atoms with E-state index in [0.29, 0.717) is 5.39 Å². The average molecular weight is 207 g/mol. The van der Waals surface area contributed by atoms with E-state index in [9.17, 15) is 9.18 Å². The first-order valence-electron chi connectivity index (χ1n) is 4.54. The number of carbonyl (C=O) groups is 1. The van der Waals surface area contributed by atoms with E-state index in [2.05, 4.69) is 4.98 Å². The van der Waals surface area contributed by atoms with Crippen LogP contribution in [-0.4, -0.2) is 16.1 Å². The van der Waals surface area contributed by atoms with Gasteiger partial charge in [0, 0.05) is 22.7 Å². The van der Waals surface area contributed by atoms with Crippen LogP contribution in [0, 0.1) is 6.92 Å². The minimum atomic E-state index is -1.97. The molecule has 0 aliphatic heterocycles. The maximum absolute atomic E-state index is 13.3. The van der Waals surface area contributed by atoms with Crippen LogP contribution in [0.4, 0.5) is 4.39 Å². The summed E-state index contributed by atoms with van der Waals surface area (Å²) in [4.78, 5) is 13.4. The molecule has 0 radical (unpaired) electrons. The van der Waals surface area contributed by atoms with Crippen molar-refractivity contribution in [2.75, 3.05) is 0 Å². The van der Waals surface area contributed by atoms with Gasteiger partial charge in [-0.15, -0.1) is 0 Å². The van der Waals surface area contributed by atoms with Crippen molar-refractivity contribution >= 4 is 16.9 Å². The Morgan fingerprint density at radius 3 is 2.93 bits per heavy atom. The van der Waals surface area contributed by atoms with Gasteiger partial charge in [0.25, 0.3) is 0 Å². The molecule has 0 saturated carbocycles. The molecule has 2 N–H and O–H groups in total. The highest BCUT2D eigenvalue weighted by Crippen LogP contribution is 2.27. The summed E-state index contributed by atoms with van der Waals surface area (Å²) in [7, 11) is 0. The van der Waals surface area contributed by atoms with Gasteiger partial charge in [-0.25, -0.2) is 9.18 Å². The van der Waals surface area contributed by atoms with E-state index in [4.69, 9.17) is 5.11 Å². The summed E-state index contributed by atoms with van der Waals surface area (Å²) in [6.45, 7) is 1.92. The van der Waals surface area contributed by atoms with E-state index < -0.39 is 12.1 Å². The summed E-state index contributed by atoms with van der Waals surface area (Å²) in [5.41, 5.74) is 1.98. The van der Waals surface area contributed by atoms with Crippen LogP contribution in [0.15, 0.2) is 24.4 Å². The fraction of sp³-hybridized carbons (Fsp3) is 0.182. The Morgan fingerprint density at radius 1 is 1.53 bits per heavy atom. The van der Waals surface area contributed by atoms with E-state index >= 15 is 0 Å². The Balaban J connectivity index is 2.59. The molecular formula is C11H10FNO2. The quantitative estimate of drug-likeness (QED) is 0.795. The molecule has 0 amide bonds. The number of hydrogen-bond acceptors (Lipinski definition) is 1. The minimum Gasteiger partial charge on any atom is -0.479 e. The standard InChI is InChI=1S/C11H10FNO2/c1-6-2-3-7-8(10(12)11(14)15)5-13-9(7)4-6/h2-5,10,13H,1H3,(H,14,15). The van der Waals surface area contributed by atoms with Gasteiger partial charge in [-0.1, -0.05) is 12.1 Å². The number of carboxylic acids is 1. The molecule has 1 aromatic carbocycles. The fourth-order valence-corrected chi connectivity index (χ4v) is 1.61. The number of benzene rings is 1. The molecule has 1 heterocycles. The first kappa shape index (κ1) is 9.71. The number of aryl methyl sites for hydroxylation is 1. The molecule has 0 saturated heterocycles. The van der Waals surface area contributed by atoms with Gasteiger partial charge in [0.1, 0.15) is 0 Å². The van der Waals surface area contributed by atoms with Gasteiger partial charge in [0.2, 0.25) is 6.17 Å². The Labute approximate surface area is 85.5 Å². The number of H-pyrrole nitrogens is 1. The second-order valence-electron chi connectivity index (χ2n) is 3.49. The third-order valence-electron chi connectivity index (χ3n) is 2.36. The molecule has 4 heteroatoms. The Kier molecular flexibility index (Phi) is 2.19. The van der Waals surface area contributed by atoms with Crippen LogP contribution in [0.1, 0.15) is 17.3 Å². The largest absolute Gasteiger partial charge is 0.479 e. The molecule has 1 atom stereocenters. The zero-order chi connectivity index (χ0) is 11.0. The Bertz CT molecular complexity index is 518. The summed E-state index contributed by atoms with van der Waals surface area (Å²) in [6.07, 6.45) is -0.565. The maximum atomic E-state index is 13.3. The van der Waals surface area contributed by atoms with Gasteiger partial charge in [0.05, 0.1) is 0 Å². The van der Waals surface area contributed by atoms with Crippen LogP contribution < -0.4 is 0 Å². The molecule has 3 nitrogen and oxygen atoms in total. The highest BCUT2D eigenvalue weighted by Gasteiger charge is 2.21. The van der Waals surface area contributed by atoms with Gasteiger partial charge in [-0.3, -0.25) is 0 Å². The van der Waals surface area contributed by atoms with Gasteiger partial charge in [-0.05, 0) is 18.6 Å². The highest BCUT2D eigenvalue weighted by molar-refractivity contribution is 5.88. The summed E-state index contributed by atoms with van der Waals surface area (Å²) in [5, 5.41) is 9.20. The van der Waals surface area contributed by atoms with Crippen molar-refractivity contribution in [3.63, 3.8) is 0 Å². The van der Waals surface area contributed by atoms with Crippen LogP contribution in [-0.2, 0) is 4.79 Å². The maximum Gasteiger partial charge on any atom is 0.343 e. The van der Waals surface area contributed by atoms with Crippen molar-refractivity contribution in [1.29, 1.82) is 0 Å². The van der Waals surface area contributed by atoms with E-state index in [1.807, 2.05) is 19.1 Å². The second-order valence-corrected chi connectivity index (χ2v) is 3.49. The van der Waals surface area contributed by atoms with E-state index in [1.165, 1.54) is 6.20 Å². The predicted molar refractivity (Wildman–Crippen MR) is 54.5 cm³/mol. The molecular weight excluding hydrogens is 197 g/mol. The number of aliphatic carboxylic acids is 1. The lowest BCUT2D eigenvalue weighted by atomic mass is 10.1. The van der Waals surface area contributed by atoms with Gasteiger partial charge in [0.15, 0.2) is 0 Å². The Hall–Kier alpha value is -1.84. The number of aromatic nitrogens is 1. The molecule has 78 valence electrons. The lowest BCUT2D eigenvalue weighted by Gasteiger charge is -2.00. The van der Waals surface area contributed by atoms with E-state index in [-0.39, 0.29) is 5.56 Å². The first-order chi connectivity index (χ1) is 7.09. The van der Waals surface area contributed by atoms with Gasteiger partial charge >= 0.3 is 5.97 Å². The van der Waals surface area contributed by atoms with Crippen molar-refractivity contribution < 1.29 is 14.3 Å². The van der Waals surface area contributed by atoms with E-state index in [1.54, 1.807) is 6.07 Å². The molecule has 1 unspecified atom stereocenters. The minimum absolute atomic E-state index is 0.178. The number of aromatic amines is 1.